The molecule has 1 fully saturated rings. The molecule has 31 heavy (non-hydrogen) atoms. The van der Waals surface area contributed by atoms with Crippen molar-refractivity contribution in [3.05, 3.63) is 59.4 Å². The first-order chi connectivity index (χ1) is 14.9. The lowest BCUT2D eigenvalue weighted by Crippen LogP contribution is -2.53. The molecule has 0 aliphatic carbocycles. The highest BCUT2D eigenvalue weighted by Gasteiger charge is 2.51. The second kappa shape index (κ2) is 7.25. The molecule has 5 heterocycles. The molecule has 1 unspecified atom stereocenters. The van der Waals surface area contributed by atoms with Crippen LogP contribution in [0.1, 0.15) is 54.2 Å². The van der Waals surface area contributed by atoms with Crippen molar-refractivity contribution >= 4 is 11.6 Å². The summed E-state index contributed by atoms with van der Waals surface area (Å²) in [6.45, 7) is 10.4. The molecule has 3 aromatic heterocycles. The van der Waals surface area contributed by atoms with E-state index in [1.54, 1.807) is 0 Å². The van der Waals surface area contributed by atoms with Crippen molar-refractivity contribution in [2.24, 2.45) is 5.92 Å². The third-order valence-corrected chi connectivity index (χ3v) is 6.74. The molecule has 0 aromatic carbocycles. The molecule has 0 radical (unpaired) electrons. The fraction of sp³-hybridized carbons (Fsp3) is 0.458. The molecule has 0 saturated carbocycles. The minimum atomic E-state index is -0.275. The fourth-order valence-electron chi connectivity index (χ4n) is 5.16. The van der Waals surface area contributed by atoms with E-state index in [0.29, 0.717) is 36.0 Å². The van der Waals surface area contributed by atoms with Crippen LogP contribution in [0.2, 0.25) is 0 Å². The molecule has 5 rings (SSSR count). The fourth-order valence-corrected chi connectivity index (χ4v) is 5.16. The van der Waals surface area contributed by atoms with Gasteiger partial charge in [0.15, 0.2) is 5.82 Å². The summed E-state index contributed by atoms with van der Waals surface area (Å²) in [5.74, 6) is 2.15. The Kier molecular flexibility index (Phi) is 4.64. The van der Waals surface area contributed by atoms with Gasteiger partial charge in [0.2, 0.25) is 0 Å². The van der Waals surface area contributed by atoms with Crippen LogP contribution in [0.3, 0.4) is 0 Å². The van der Waals surface area contributed by atoms with E-state index in [4.69, 9.17) is 9.51 Å². The van der Waals surface area contributed by atoms with Crippen LogP contribution in [-0.2, 0) is 5.54 Å². The second-order valence-electron chi connectivity index (χ2n) is 9.15. The lowest BCUT2D eigenvalue weighted by molar-refractivity contribution is 0.0779. The van der Waals surface area contributed by atoms with Crippen molar-refractivity contribution in [2.75, 3.05) is 24.5 Å². The van der Waals surface area contributed by atoms with E-state index in [9.17, 15) is 4.79 Å². The van der Waals surface area contributed by atoms with Crippen molar-refractivity contribution in [3.63, 3.8) is 0 Å². The van der Waals surface area contributed by atoms with E-state index in [1.807, 2.05) is 31.0 Å². The molecular formula is C24H29N5O2. The summed E-state index contributed by atoms with van der Waals surface area (Å²) in [6, 6.07) is 8.43. The van der Waals surface area contributed by atoms with Crippen molar-refractivity contribution in [2.45, 2.75) is 46.1 Å². The van der Waals surface area contributed by atoms with Gasteiger partial charge in [-0.2, -0.15) is 0 Å². The highest BCUT2D eigenvalue weighted by molar-refractivity contribution is 5.96. The number of nitrogens with zero attached hydrogens (tertiary/aromatic N) is 5. The minimum absolute atomic E-state index is 0.00650. The van der Waals surface area contributed by atoms with Crippen LogP contribution in [0, 0.1) is 19.8 Å². The first-order valence-corrected chi connectivity index (χ1v) is 11.1. The number of carbonyl (C=O) groups excluding carboxylic acids is 1. The van der Waals surface area contributed by atoms with Gasteiger partial charge < -0.3 is 18.9 Å². The van der Waals surface area contributed by atoms with Crippen LogP contribution in [0.15, 0.2) is 41.2 Å². The van der Waals surface area contributed by atoms with E-state index in [1.165, 1.54) is 5.69 Å². The molecule has 1 spiro atoms. The van der Waals surface area contributed by atoms with Gasteiger partial charge in [-0.05, 0) is 56.9 Å². The van der Waals surface area contributed by atoms with Crippen LogP contribution >= 0.6 is 0 Å². The number of hydrogen-bond acceptors (Lipinski definition) is 5. The number of aromatic nitrogens is 3. The predicted molar refractivity (Wildman–Crippen MR) is 119 cm³/mol. The molecule has 2 aliphatic rings. The van der Waals surface area contributed by atoms with Crippen LogP contribution in [0.4, 0.5) is 5.69 Å². The van der Waals surface area contributed by atoms with Crippen LogP contribution in [0.25, 0.3) is 5.82 Å². The Bertz CT molecular complexity index is 1110. The van der Waals surface area contributed by atoms with Gasteiger partial charge in [0.25, 0.3) is 5.91 Å². The molecule has 0 bridgehead atoms. The zero-order valence-electron chi connectivity index (χ0n) is 18.6. The Morgan fingerprint density at radius 3 is 2.84 bits per heavy atom. The molecule has 0 N–H and O–H groups in total. The minimum Gasteiger partial charge on any atom is -0.361 e. The molecule has 2 aliphatic heterocycles. The van der Waals surface area contributed by atoms with Gasteiger partial charge in [0, 0.05) is 32.0 Å². The number of hydrogen-bond donors (Lipinski definition) is 0. The largest absolute Gasteiger partial charge is 0.361 e. The number of aryl methyl sites for hydroxylation is 2. The SMILES string of the molecule is Cc1noc(C)c1C(=O)N1CCC2(C1)c1cccn1-c1ncccc1N2CCC(C)C. The Morgan fingerprint density at radius 1 is 1.26 bits per heavy atom. The average Bonchev–Trinajstić information content (AvgIpc) is 3.47. The Morgan fingerprint density at radius 2 is 2.10 bits per heavy atom. The molecule has 7 nitrogen and oxygen atoms in total. The normalized spacial score (nSPS) is 19.9. The van der Waals surface area contributed by atoms with Gasteiger partial charge in [0.1, 0.15) is 16.9 Å². The smallest absolute Gasteiger partial charge is 0.259 e. The van der Waals surface area contributed by atoms with Gasteiger partial charge in [-0.3, -0.25) is 4.79 Å². The molecule has 162 valence electrons. The van der Waals surface area contributed by atoms with Crippen molar-refractivity contribution in [1.82, 2.24) is 19.6 Å². The molecule has 1 atom stereocenters. The maximum atomic E-state index is 13.4. The standard InChI is InChI=1S/C24H29N5O2/c1-16(2)9-13-29-19-7-5-11-25-22(19)28-12-6-8-20(28)24(29)10-14-27(15-24)23(30)21-17(3)26-31-18(21)4/h5-8,11-12,16H,9-10,13-15H2,1-4H3. The maximum absolute atomic E-state index is 13.4. The van der Waals surface area contributed by atoms with E-state index >= 15 is 0 Å². The van der Waals surface area contributed by atoms with Gasteiger partial charge in [0.05, 0.1) is 17.1 Å². The first kappa shape index (κ1) is 19.8. The predicted octanol–water partition coefficient (Wildman–Crippen LogP) is 4.08. The van der Waals surface area contributed by atoms with Crippen molar-refractivity contribution < 1.29 is 9.32 Å². The number of anilines is 1. The van der Waals surface area contributed by atoms with Crippen molar-refractivity contribution in [3.8, 4) is 5.82 Å². The van der Waals surface area contributed by atoms with Crippen LogP contribution in [0.5, 0.6) is 0 Å². The van der Waals surface area contributed by atoms with E-state index in [2.05, 4.69) is 52.9 Å². The third-order valence-electron chi connectivity index (χ3n) is 6.74. The van der Waals surface area contributed by atoms with Gasteiger partial charge in [-0.1, -0.05) is 19.0 Å². The zero-order valence-corrected chi connectivity index (χ0v) is 18.6. The van der Waals surface area contributed by atoms with Crippen LogP contribution < -0.4 is 4.90 Å². The van der Waals surface area contributed by atoms with E-state index < -0.39 is 0 Å². The summed E-state index contributed by atoms with van der Waals surface area (Å²) >= 11 is 0. The van der Waals surface area contributed by atoms with E-state index in [-0.39, 0.29) is 11.4 Å². The monoisotopic (exact) mass is 419 g/mol. The maximum Gasteiger partial charge on any atom is 0.259 e. The molecule has 3 aromatic rings. The highest BCUT2D eigenvalue weighted by atomic mass is 16.5. The number of amides is 1. The first-order valence-electron chi connectivity index (χ1n) is 11.1. The Hall–Kier alpha value is -3.09. The van der Waals surface area contributed by atoms with Crippen LogP contribution in [-0.4, -0.2) is 45.1 Å². The summed E-state index contributed by atoms with van der Waals surface area (Å²) < 4.78 is 7.47. The number of rotatable bonds is 4. The van der Waals surface area contributed by atoms with Gasteiger partial charge in [-0.25, -0.2) is 4.98 Å². The number of likely N-dealkylation sites (tertiary alicyclic amines) is 1. The highest BCUT2D eigenvalue weighted by Crippen LogP contribution is 2.47. The topological polar surface area (TPSA) is 67.4 Å². The summed E-state index contributed by atoms with van der Waals surface area (Å²) in [5.41, 5.74) is 3.32. The summed E-state index contributed by atoms with van der Waals surface area (Å²) in [4.78, 5) is 22.6. The quantitative estimate of drug-likeness (QED) is 0.637. The number of fused-ring (bicyclic) bond motifs is 4. The number of carbonyl (C=O) groups is 1. The van der Waals surface area contributed by atoms with E-state index in [0.717, 1.165) is 30.9 Å². The molecule has 1 saturated heterocycles. The lowest BCUT2D eigenvalue weighted by Gasteiger charge is -2.47. The lowest BCUT2D eigenvalue weighted by atomic mass is 9.88. The van der Waals surface area contributed by atoms with Gasteiger partial charge in [-0.15, -0.1) is 0 Å². The Balaban J connectivity index is 1.57. The zero-order chi connectivity index (χ0) is 21.8. The van der Waals surface area contributed by atoms with Crippen molar-refractivity contribution in [1.29, 1.82) is 0 Å². The third kappa shape index (κ3) is 2.98. The number of pyridine rings is 1. The summed E-state index contributed by atoms with van der Waals surface area (Å²) in [7, 11) is 0. The average molecular weight is 420 g/mol. The molecule has 7 heteroatoms. The molecular weight excluding hydrogens is 390 g/mol. The Labute approximate surface area is 182 Å². The summed E-state index contributed by atoms with van der Waals surface area (Å²) in [5, 5.41) is 3.99. The second-order valence-corrected chi connectivity index (χ2v) is 9.15. The van der Waals surface area contributed by atoms with Gasteiger partial charge >= 0.3 is 0 Å². The molecule has 1 amide bonds. The summed E-state index contributed by atoms with van der Waals surface area (Å²) in [6.07, 6.45) is 5.89.